The quantitative estimate of drug-likeness (QED) is 0.737. The Morgan fingerprint density at radius 3 is 2.86 bits per heavy atom. The lowest BCUT2D eigenvalue weighted by molar-refractivity contribution is 0.0626. The number of nitrogens with zero attached hydrogens (tertiary/aromatic N) is 1. The summed E-state index contributed by atoms with van der Waals surface area (Å²) in [6, 6.07) is 6.56. The fraction of sp³-hybridized carbons (Fsp3) is 0.333. The molecule has 7 nitrogen and oxygen atoms in total. The molecule has 1 aliphatic heterocycles. The van der Waals surface area contributed by atoms with Gasteiger partial charge in [0.2, 0.25) is 10.0 Å². The Kier molecular flexibility index (Phi) is 6.48. The van der Waals surface area contributed by atoms with Crippen LogP contribution in [0.5, 0.6) is 0 Å². The molecule has 0 bridgehead atoms. The molecular formula is C18H19ClFN3O4S. The van der Waals surface area contributed by atoms with Gasteiger partial charge in [0.1, 0.15) is 11.6 Å². The van der Waals surface area contributed by atoms with Gasteiger partial charge in [-0.3, -0.25) is 9.52 Å². The second-order valence-electron chi connectivity index (χ2n) is 6.48. The summed E-state index contributed by atoms with van der Waals surface area (Å²) in [5, 5.41) is 2.45. The highest BCUT2D eigenvalue weighted by molar-refractivity contribution is 7.92. The Labute approximate surface area is 167 Å². The number of amides is 1. The molecule has 1 unspecified atom stereocenters. The molecule has 1 aliphatic rings. The van der Waals surface area contributed by atoms with Crippen molar-refractivity contribution in [2.24, 2.45) is 5.92 Å². The monoisotopic (exact) mass is 427 g/mol. The summed E-state index contributed by atoms with van der Waals surface area (Å²) in [5.41, 5.74) is 0.502. The Morgan fingerprint density at radius 2 is 2.14 bits per heavy atom. The third kappa shape index (κ3) is 5.63. The highest BCUT2D eigenvalue weighted by Gasteiger charge is 2.22. The fourth-order valence-corrected chi connectivity index (χ4v) is 4.43. The molecular weight excluding hydrogens is 409 g/mol. The molecule has 28 heavy (non-hydrogen) atoms. The molecule has 0 saturated carbocycles. The average molecular weight is 428 g/mol. The van der Waals surface area contributed by atoms with Crippen LogP contribution in [0.2, 0.25) is 5.02 Å². The van der Waals surface area contributed by atoms with Crippen LogP contribution in [0.4, 0.5) is 15.9 Å². The molecule has 150 valence electrons. The lowest BCUT2D eigenvalue weighted by Gasteiger charge is -2.21. The number of carbonyl (C=O) groups is 1. The van der Waals surface area contributed by atoms with Crippen molar-refractivity contribution in [3.63, 3.8) is 0 Å². The van der Waals surface area contributed by atoms with Gasteiger partial charge in [-0.15, -0.1) is 0 Å². The lowest BCUT2D eigenvalue weighted by Crippen LogP contribution is -2.28. The summed E-state index contributed by atoms with van der Waals surface area (Å²) in [7, 11) is -3.63. The van der Waals surface area contributed by atoms with Crippen LogP contribution in [0, 0.1) is 11.7 Å². The molecule has 0 aliphatic carbocycles. The van der Waals surface area contributed by atoms with E-state index in [9.17, 15) is 17.6 Å². The van der Waals surface area contributed by atoms with E-state index in [0.29, 0.717) is 18.9 Å². The SMILES string of the molecule is O=C(Nc1ccc(F)c(Cl)c1)c1ccnc(NS(=O)(=O)CC2CCCOC2)c1. The molecule has 1 aromatic heterocycles. The van der Waals surface area contributed by atoms with Gasteiger partial charge in [-0.05, 0) is 49.1 Å². The van der Waals surface area contributed by atoms with Crippen LogP contribution in [-0.4, -0.2) is 38.3 Å². The normalized spacial score (nSPS) is 17.1. The van der Waals surface area contributed by atoms with E-state index in [0.717, 1.165) is 18.9 Å². The summed E-state index contributed by atoms with van der Waals surface area (Å²) in [4.78, 5) is 16.3. The number of carbonyl (C=O) groups excluding carboxylic acids is 1. The van der Waals surface area contributed by atoms with Gasteiger partial charge in [0.05, 0.1) is 17.4 Å². The minimum absolute atomic E-state index is 0.0431. The highest BCUT2D eigenvalue weighted by atomic mass is 35.5. The number of rotatable bonds is 6. The number of pyridine rings is 1. The number of hydrogen-bond donors (Lipinski definition) is 2. The molecule has 1 saturated heterocycles. The van der Waals surface area contributed by atoms with Crippen molar-refractivity contribution in [3.8, 4) is 0 Å². The standard InChI is InChI=1S/C18H19ClFN3O4S/c19-15-9-14(3-4-16(15)20)22-18(24)13-5-6-21-17(8-13)23-28(25,26)11-12-2-1-7-27-10-12/h3-6,8-9,12H,1-2,7,10-11H2,(H,21,23)(H,22,24). The first-order valence-corrected chi connectivity index (χ1v) is 10.7. The van der Waals surface area contributed by atoms with E-state index in [1.54, 1.807) is 0 Å². The van der Waals surface area contributed by atoms with Gasteiger partial charge in [0.15, 0.2) is 0 Å². The minimum atomic E-state index is -3.63. The first kappa shape index (κ1) is 20.5. The average Bonchev–Trinajstić information content (AvgIpc) is 2.65. The molecule has 1 aromatic carbocycles. The number of sulfonamides is 1. The van der Waals surface area contributed by atoms with Gasteiger partial charge in [-0.25, -0.2) is 17.8 Å². The van der Waals surface area contributed by atoms with E-state index in [4.69, 9.17) is 16.3 Å². The van der Waals surface area contributed by atoms with Crippen molar-refractivity contribution >= 4 is 39.0 Å². The Balaban J connectivity index is 1.67. The van der Waals surface area contributed by atoms with Crippen molar-refractivity contribution in [1.82, 2.24) is 4.98 Å². The van der Waals surface area contributed by atoms with Crippen LogP contribution in [0.3, 0.4) is 0 Å². The molecule has 2 aromatic rings. The molecule has 1 amide bonds. The number of benzene rings is 1. The zero-order valence-corrected chi connectivity index (χ0v) is 16.4. The molecule has 1 atom stereocenters. The first-order chi connectivity index (χ1) is 13.3. The molecule has 1 fully saturated rings. The number of hydrogen-bond acceptors (Lipinski definition) is 5. The summed E-state index contributed by atoms with van der Waals surface area (Å²) in [6.07, 6.45) is 2.95. The van der Waals surface area contributed by atoms with Crippen molar-refractivity contribution < 1.29 is 22.3 Å². The second-order valence-corrected chi connectivity index (χ2v) is 8.65. The third-order valence-electron chi connectivity index (χ3n) is 4.17. The number of ether oxygens (including phenoxy) is 1. The largest absolute Gasteiger partial charge is 0.381 e. The highest BCUT2D eigenvalue weighted by Crippen LogP contribution is 2.21. The lowest BCUT2D eigenvalue weighted by atomic mass is 10.1. The Bertz CT molecular complexity index is 965. The predicted molar refractivity (Wildman–Crippen MR) is 105 cm³/mol. The fourth-order valence-electron chi connectivity index (χ4n) is 2.85. The minimum Gasteiger partial charge on any atom is -0.381 e. The maximum absolute atomic E-state index is 13.2. The number of aromatic nitrogens is 1. The Hall–Kier alpha value is -2.23. The number of anilines is 2. The molecule has 10 heteroatoms. The van der Waals surface area contributed by atoms with Crippen molar-refractivity contribution in [2.75, 3.05) is 29.0 Å². The van der Waals surface area contributed by atoms with E-state index >= 15 is 0 Å². The van der Waals surface area contributed by atoms with E-state index in [1.807, 2.05) is 0 Å². The van der Waals surface area contributed by atoms with Crippen LogP contribution in [-0.2, 0) is 14.8 Å². The number of halogens is 2. The van der Waals surface area contributed by atoms with Gasteiger partial charge in [-0.1, -0.05) is 11.6 Å². The maximum Gasteiger partial charge on any atom is 0.255 e. The predicted octanol–water partition coefficient (Wildman–Crippen LogP) is 3.29. The summed E-state index contributed by atoms with van der Waals surface area (Å²) in [5.74, 6) is -1.20. The van der Waals surface area contributed by atoms with Gasteiger partial charge in [0, 0.05) is 24.1 Å². The summed E-state index contributed by atoms with van der Waals surface area (Å²) in [6.45, 7) is 1.07. The van der Waals surface area contributed by atoms with E-state index in [1.165, 1.54) is 30.5 Å². The molecule has 2 N–H and O–H groups in total. The molecule has 0 radical (unpaired) electrons. The first-order valence-electron chi connectivity index (χ1n) is 8.63. The van der Waals surface area contributed by atoms with Crippen LogP contribution < -0.4 is 10.0 Å². The second kappa shape index (κ2) is 8.85. The van der Waals surface area contributed by atoms with Gasteiger partial charge < -0.3 is 10.1 Å². The molecule has 3 rings (SSSR count). The summed E-state index contributed by atoms with van der Waals surface area (Å²) < 4.78 is 45.6. The van der Waals surface area contributed by atoms with Crippen LogP contribution in [0.15, 0.2) is 36.5 Å². The third-order valence-corrected chi connectivity index (χ3v) is 5.89. The zero-order chi connectivity index (χ0) is 20.1. The topological polar surface area (TPSA) is 97.4 Å². The van der Waals surface area contributed by atoms with E-state index < -0.39 is 21.7 Å². The Morgan fingerprint density at radius 1 is 1.32 bits per heavy atom. The summed E-state index contributed by atoms with van der Waals surface area (Å²) >= 11 is 5.70. The molecule has 0 spiro atoms. The smallest absolute Gasteiger partial charge is 0.255 e. The van der Waals surface area contributed by atoms with E-state index in [-0.39, 0.29) is 28.1 Å². The van der Waals surface area contributed by atoms with Gasteiger partial charge in [0.25, 0.3) is 5.91 Å². The van der Waals surface area contributed by atoms with Crippen LogP contribution in [0.1, 0.15) is 23.2 Å². The van der Waals surface area contributed by atoms with Gasteiger partial charge >= 0.3 is 0 Å². The van der Waals surface area contributed by atoms with Crippen LogP contribution in [0.25, 0.3) is 0 Å². The number of nitrogens with one attached hydrogen (secondary N) is 2. The van der Waals surface area contributed by atoms with E-state index in [2.05, 4.69) is 15.0 Å². The molecule has 2 heterocycles. The van der Waals surface area contributed by atoms with Crippen molar-refractivity contribution in [1.29, 1.82) is 0 Å². The van der Waals surface area contributed by atoms with Gasteiger partial charge in [-0.2, -0.15) is 0 Å². The maximum atomic E-state index is 13.2. The van der Waals surface area contributed by atoms with Crippen molar-refractivity contribution in [3.05, 3.63) is 52.9 Å². The zero-order valence-electron chi connectivity index (χ0n) is 14.8. The van der Waals surface area contributed by atoms with Crippen molar-refractivity contribution in [2.45, 2.75) is 12.8 Å². The van der Waals surface area contributed by atoms with Crippen LogP contribution >= 0.6 is 11.6 Å².